The van der Waals surface area contributed by atoms with Crippen LogP contribution in [-0.4, -0.2) is 65.4 Å². The molecule has 6 heteroatoms. The van der Waals surface area contributed by atoms with E-state index in [1.807, 2.05) is 6.07 Å². The van der Waals surface area contributed by atoms with E-state index in [2.05, 4.69) is 46.0 Å². The van der Waals surface area contributed by atoms with Crippen molar-refractivity contribution >= 4 is 11.7 Å². The maximum atomic E-state index is 14.1. The van der Waals surface area contributed by atoms with Crippen LogP contribution in [0.25, 0.3) is 11.4 Å². The summed E-state index contributed by atoms with van der Waals surface area (Å²) in [6.45, 7) is 5.48. The SMILES string of the molecule is CN1CCN(c2nc(-c3ccccc3)nc3c2CN(C(=O)C24CC5CC(CC(C5)C2)C4)CC3)CC1. The Bertz CT molecular complexity index is 1090. The van der Waals surface area contributed by atoms with Crippen molar-refractivity contribution in [3.8, 4) is 11.4 Å². The van der Waals surface area contributed by atoms with E-state index in [1.54, 1.807) is 0 Å². The molecule has 184 valence electrons. The summed E-state index contributed by atoms with van der Waals surface area (Å²) in [6, 6.07) is 10.3. The van der Waals surface area contributed by atoms with E-state index < -0.39 is 0 Å². The number of likely N-dealkylation sites (N-methyl/N-ethyl adjacent to an activating group) is 1. The van der Waals surface area contributed by atoms with Crippen LogP contribution in [0.15, 0.2) is 30.3 Å². The van der Waals surface area contributed by atoms with Crippen molar-refractivity contribution < 1.29 is 4.79 Å². The number of hydrogen-bond acceptors (Lipinski definition) is 5. The molecule has 0 atom stereocenters. The standard InChI is InChI=1S/C29H37N5O/c1-32-9-11-33(12-10-32)27-24-19-34(8-7-25(24)30-26(31-27)23-5-3-2-4-6-23)28(35)29-16-20-13-21(17-29)15-22(14-20)18-29/h2-6,20-22H,7-19H2,1H3. The minimum Gasteiger partial charge on any atom is -0.354 e. The van der Waals surface area contributed by atoms with E-state index in [4.69, 9.17) is 9.97 Å². The molecule has 8 rings (SSSR count). The summed E-state index contributed by atoms with van der Waals surface area (Å²) in [5.41, 5.74) is 3.32. The summed E-state index contributed by atoms with van der Waals surface area (Å²) >= 11 is 0. The average molecular weight is 472 g/mol. The molecule has 6 aliphatic rings. The van der Waals surface area contributed by atoms with Crippen LogP contribution in [0.5, 0.6) is 0 Å². The molecule has 4 saturated carbocycles. The zero-order chi connectivity index (χ0) is 23.6. The van der Waals surface area contributed by atoms with Crippen LogP contribution in [0.3, 0.4) is 0 Å². The van der Waals surface area contributed by atoms with Gasteiger partial charge in [0, 0.05) is 50.3 Å². The highest BCUT2D eigenvalue weighted by atomic mass is 16.2. The van der Waals surface area contributed by atoms with Crippen molar-refractivity contribution in [1.29, 1.82) is 0 Å². The first-order chi connectivity index (χ1) is 17.1. The highest BCUT2D eigenvalue weighted by Gasteiger charge is 2.55. The van der Waals surface area contributed by atoms with E-state index >= 15 is 0 Å². The van der Waals surface area contributed by atoms with Crippen LogP contribution in [0.2, 0.25) is 0 Å². The lowest BCUT2D eigenvalue weighted by Crippen LogP contribution is -2.55. The Balaban J connectivity index is 1.22. The van der Waals surface area contributed by atoms with Gasteiger partial charge in [0.15, 0.2) is 5.82 Å². The van der Waals surface area contributed by atoms with Gasteiger partial charge in [-0.05, 0) is 63.3 Å². The monoisotopic (exact) mass is 471 g/mol. The van der Waals surface area contributed by atoms with Gasteiger partial charge in [0.25, 0.3) is 0 Å². The number of nitrogens with zero attached hydrogens (tertiary/aromatic N) is 5. The lowest BCUT2D eigenvalue weighted by atomic mass is 9.49. The summed E-state index contributed by atoms with van der Waals surface area (Å²) in [4.78, 5) is 31.4. The fourth-order valence-corrected chi connectivity index (χ4v) is 8.27. The molecule has 1 amide bonds. The largest absolute Gasteiger partial charge is 0.354 e. The van der Waals surface area contributed by atoms with Crippen molar-refractivity contribution in [1.82, 2.24) is 19.8 Å². The molecular weight excluding hydrogens is 434 g/mol. The van der Waals surface area contributed by atoms with E-state index in [-0.39, 0.29) is 5.41 Å². The molecule has 35 heavy (non-hydrogen) atoms. The molecule has 0 spiro atoms. The second-order valence-electron chi connectivity index (χ2n) is 12.1. The Morgan fingerprint density at radius 1 is 0.886 bits per heavy atom. The Hall–Kier alpha value is -2.47. The number of hydrogen-bond donors (Lipinski definition) is 0. The molecule has 2 aliphatic heterocycles. The summed E-state index contributed by atoms with van der Waals surface area (Å²) in [5.74, 6) is 4.70. The van der Waals surface area contributed by atoms with Gasteiger partial charge in [0.1, 0.15) is 5.82 Å². The fraction of sp³-hybridized carbons (Fsp3) is 0.621. The van der Waals surface area contributed by atoms with Gasteiger partial charge in [-0.2, -0.15) is 0 Å². The highest BCUT2D eigenvalue weighted by Crippen LogP contribution is 2.60. The molecule has 4 bridgehead atoms. The number of aromatic nitrogens is 2. The Kier molecular flexibility index (Phi) is 5.16. The molecule has 6 nitrogen and oxygen atoms in total. The van der Waals surface area contributed by atoms with Crippen molar-refractivity contribution in [2.24, 2.45) is 23.2 Å². The third-order valence-electron chi connectivity index (χ3n) is 9.65. The molecule has 1 aromatic carbocycles. The van der Waals surface area contributed by atoms with Gasteiger partial charge in [-0.25, -0.2) is 9.97 Å². The number of rotatable bonds is 3. The van der Waals surface area contributed by atoms with Crippen molar-refractivity contribution in [3.63, 3.8) is 0 Å². The van der Waals surface area contributed by atoms with Crippen LogP contribution >= 0.6 is 0 Å². The third-order valence-corrected chi connectivity index (χ3v) is 9.65. The molecule has 0 unspecified atom stereocenters. The van der Waals surface area contributed by atoms with E-state index in [9.17, 15) is 4.79 Å². The number of carbonyl (C=O) groups is 1. The van der Waals surface area contributed by atoms with Gasteiger partial charge < -0.3 is 14.7 Å². The Labute approximate surface area is 208 Å². The van der Waals surface area contributed by atoms with Gasteiger partial charge in [-0.15, -0.1) is 0 Å². The van der Waals surface area contributed by atoms with Gasteiger partial charge >= 0.3 is 0 Å². The molecule has 1 aromatic heterocycles. The number of piperazine rings is 1. The molecule has 5 fully saturated rings. The normalized spacial score (nSPS) is 32.1. The van der Waals surface area contributed by atoms with Crippen LogP contribution in [0, 0.1) is 23.2 Å². The molecule has 2 aromatic rings. The summed E-state index contributed by atoms with van der Waals surface area (Å²) in [5, 5.41) is 0. The maximum absolute atomic E-state index is 14.1. The molecule has 0 N–H and O–H groups in total. The first-order valence-corrected chi connectivity index (χ1v) is 13.7. The third kappa shape index (κ3) is 3.76. The van der Waals surface area contributed by atoms with E-state index in [1.165, 1.54) is 24.8 Å². The Morgan fingerprint density at radius 2 is 1.54 bits per heavy atom. The minimum atomic E-state index is -0.0783. The molecule has 0 radical (unpaired) electrons. The molecule has 4 aliphatic carbocycles. The van der Waals surface area contributed by atoms with Crippen molar-refractivity contribution in [2.75, 3.05) is 44.7 Å². The lowest BCUT2D eigenvalue weighted by Gasteiger charge is -2.56. The zero-order valence-electron chi connectivity index (χ0n) is 21.0. The first-order valence-electron chi connectivity index (χ1n) is 13.7. The second kappa shape index (κ2) is 8.29. The number of benzene rings is 1. The topological polar surface area (TPSA) is 52.6 Å². The van der Waals surface area contributed by atoms with Crippen LogP contribution in [0.1, 0.15) is 49.8 Å². The molecule has 1 saturated heterocycles. The van der Waals surface area contributed by atoms with Crippen molar-refractivity contribution in [3.05, 3.63) is 41.6 Å². The number of fused-ring (bicyclic) bond motifs is 1. The van der Waals surface area contributed by atoms with E-state index in [0.717, 1.165) is 99.1 Å². The van der Waals surface area contributed by atoms with Gasteiger partial charge in [-0.1, -0.05) is 30.3 Å². The second-order valence-corrected chi connectivity index (χ2v) is 12.1. The van der Waals surface area contributed by atoms with Crippen LogP contribution < -0.4 is 4.90 Å². The predicted molar refractivity (Wildman–Crippen MR) is 137 cm³/mol. The lowest BCUT2D eigenvalue weighted by molar-refractivity contribution is -0.158. The zero-order valence-corrected chi connectivity index (χ0v) is 21.0. The molecule has 3 heterocycles. The number of anilines is 1. The summed E-state index contributed by atoms with van der Waals surface area (Å²) in [7, 11) is 2.19. The van der Waals surface area contributed by atoms with Gasteiger partial charge in [0.05, 0.1) is 17.7 Å². The highest BCUT2D eigenvalue weighted by molar-refractivity contribution is 5.84. The number of carbonyl (C=O) groups excluding carboxylic acids is 1. The predicted octanol–water partition coefficient (Wildman–Crippen LogP) is 4.00. The van der Waals surface area contributed by atoms with Gasteiger partial charge in [-0.3, -0.25) is 4.79 Å². The summed E-state index contributed by atoms with van der Waals surface area (Å²) < 4.78 is 0. The smallest absolute Gasteiger partial charge is 0.229 e. The van der Waals surface area contributed by atoms with Gasteiger partial charge in [0.2, 0.25) is 5.91 Å². The fourth-order valence-electron chi connectivity index (χ4n) is 8.27. The van der Waals surface area contributed by atoms with Crippen LogP contribution in [0.4, 0.5) is 5.82 Å². The quantitative estimate of drug-likeness (QED) is 0.677. The van der Waals surface area contributed by atoms with E-state index in [0.29, 0.717) is 12.5 Å². The summed E-state index contributed by atoms with van der Waals surface area (Å²) in [6.07, 6.45) is 8.36. The maximum Gasteiger partial charge on any atom is 0.229 e. The van der Waals surface area contributed by atoms with Crippen molar-refractivity contribution in [2.45, 2.75) is 51.5 Å². The van der Waals surface area contributed by atoms with Crippen LogP contribution in [-0.2, 0) is 17.8 Å². The number of amides is 1. The Morgan fingerprint density at radius 3 is 2.20 bits per heavy atom. The minimum absolute atomic E-state index is 0.0783. The first kappa shape index (κ1) is 21.8. The average Bonchev–Trinajstić information content (AvgIpc) is 2.87. The molecular formula is C29H37N5O.